The summed E-state index contributed by atoms with van der Waals surface area (Å²) in [6, 6.07) is 30.5. The van der Waals surface area contributed by atoms with Gasteiger partial charge in [-0.05, 0) is 65.2 Å². The van der Waals surface area contributed by atoms with Crippen molar-refractivity contribution in [2.24, 2.45) is 4.99 Å². The number of ether oxygens (including phenoxy) is 4. The Morgan fingerprint density at radius 3 is 2.36 bits per heavy atom. The van der Waals surface area contributed by atoms with Crippen molar-refractivity contribution in [3.63, 3.8) is 0 Å². The van der Waals surface area contributed by atoms with Gasteiger partial charge in [0, 0.05) is 36.0 Å². The lowest BCUT2D eigenvalue weighted by molar-refractivity contribution is -0.130. The number of hydrazine groups is 1. The van der Waals surface area contributed by atoms with Gasteiger partial charge in [0.15, 0.2) is 23.1 Å². The van der Waals surface area contributed by atoms with E-state index in [1.54, 1.807) is 14.2 Å². The molecule has 0 fully saturated rings. The van der Waals surface area contributed by atoms with E-state index in [0.29, 0.717) is 54.7 Å². The Morgan fingerprint density at radius 2 is 1.67 bits per heavy atom. The molecule has 1 heterocycles. The highest BCUT2D eigenvalue weighted by molar-refractivity contribution is 9.10. The molecule has 0 radical (unpaired) electrons. The first-order valence-electron chi connectivity index (χ1n) is 14.6. The van der Waals surface area contributed by atoms with E-state index in [0.717, 1.165) is 21.2 Å². The molecular formula is C35H36BrN3O6. The Hall–Kier alpha value is -4.38. The number of halogens is 1. The van der Waals surface area contributed by atoms with Gasteiger partial charge in [-0.25, -0.2) is 10.4 Å². The van der Waals surface area contributed by atoms with Gasteiger partial charge in [0.25, 0.3) is 5.91 Å². The summed E-state index contributed by atoms with van der Waals surface area (Å²) in [6.07, 6.45) is 0.123. The fourth-order valence-corrected chi connectivity index (χ4v) is 5.42. The molecular weight excluding hydrogens is 638 g/mol. The number of aliphatic hydroxyl groups is 1. The van der Waals surface area contributed by atoms with Crippen molar-refractivity contribution >= 4 is 27.7 Å². The van der Waals surface area contributed by atoms with Crippen LogP contribution in [0.15, 0.2) is 107 Å². The third-order valence-corrected chi connectivity index (χ3v) is 7.99. The normalized spacial score (nSPS) is 17.2. The Labute approximate surface area is 271 Å². The molecule has 45 heavy (non-hydrogen) atoms. The van der Waals surface area contributed by atoms with Gasteiger partial charge in [-0.3, -0.25) is 10.2 Å². The van der Waals surface area contributed by atoms with Gasteiger partial charge in [-0.2, -0.15) is 0 Å². The number of amides is 1. The summed E-state index contributed by atoms with van der Waals surface area (Å²) in [6.45, 7) is 0.816. The molecule has 1 amide bonds. The average Bonchev–Trinajstić information content (AvgIpc) is 3.46. The summed E-state index contributed by atoms with van der Waals surface area (Å²) in [5, 5.41) is 9.06. The summed E-state index contributed by atoms with van der Waals surface area (Å²) in [7, 11) is 3.17. The van der Waals surface area contributed by atoms with Crippen LogP contribution < -0.4 is 25.1 Å². The van der Waals surface area contributed by atoms with Crippen LogP contribution in [0, 0.1) is 0 Å². The quantitative estimate of drug-likeness (QED) is 0.119. The van der Waals surface area contributed by atoms with Crippen molar-refractivity contribution in [2.75, 3.05) is 27.4 Å². The first-order chi connectivity index (χ1) is 22.0. The number of aliphatic hydroxyl groups excluding tert-OH is 1. The van der Waals surface area contributed by atoms with Crippen molar-refractivity contribution in [2.45, 2.75) is 31.0 Å². The molecule has 0 aromatic heterocycles. The second kappa shape index (κ2) is 15.1. The second-order valence-corrected chi connectivity index (χ2v) is 11.4. The molecule has 0 spiro atoms. The first-order valence-corrected chi connectivity index (χ1v) is 15.4. The summed E-state index contributed by atoms with van der Waals surface area (Å²) < 4.78 is 24.0. The Bertz CT molecular complexity index is 1600. The smallest absolute Gasteiger partial charge is 0.266 e. The molecule has 1 aliphatic heterocycles. The number of hydrogen-bond acceptors (Lipinski definition) is 8. The van der Waals surface area contributed by atoms with E-state index >= 15 is 0 Å². The maximum atomic E-state index is 14.4. The molecule has 0 unspecified atom stereocenters. The minimum atomic E-state index is -1.34. The van der Waals surface area contributed by atoms with E-state index in [4.69, 9.17) is 29.0 Å². The Morgan fingerprint density at radius 1 is 0.933 bits per heavy atom. The molecule has 0 saturated carbocycles. The molecule has 10 heteroatoms. The Kier molecular flexibility index (Phi) is 10.7. The fraction of sp³-hybridized carbons (Fsp3) is 0.257. The van der Waals surface area contributed by atoms with Crippen molar-refractivity contribution in [3.05, 3.63) is 124 Å². The molecule has 5 rings (SSSR count). The van der Waals surface area contributed by atoms with E-state index < -0.39 is 11.6 Å². The molecule has 9 nitrogen and oxygen atoms in total. The number of carbonyl (C=O) groups is 1. The van der Waals surface area contributed by atoms with Crippen LogP contribution in [0.4, 0.5) is 0 Å². The van der Waals surface area contributed by atoms with Gasteiger partial charge in [-0.15, -0.1) is 0 Å². The molecule has 1 aliphatic rings. The minimum Gasteiger partial charge on any atom is -0.494 e. The SMILES string of the molecule is COc1ccc(CNNC(=O)[C@@]2(Cc3ccccc3)N=C(c3ccc(OCCCO)cc3)O[C@H]2c2ccc(Br)cc2)cc1OC. The number of nitrogens with zero attached hydrogens (tertiary/aromatic N) is 1. The first kappa shape index (κ1) is 32.0. The number of hydrogen-bond donors (Lipinski definition) is 3. The zero-order valence-electron chi connectivity index (χ0n) is 25.2. The second-order valence-electron chi connectivity index (χ2n) is 10.5. The molecule has 4 aromatic rings. The number of methoxy groups -OCH3 is 2. The van der Waals surface area contributed by atoms with E-state index in [2.05, 4.69) is 26.8 Å². The van der Waals surface area contributed by atoms with Crippen LogP contribution in [0.2, 0.25) is 0 Å². The summed E-state index contributed by atoms with van der Waals surface area (Å²) >= 11 is 3.52. The van der Waals surface area contributed by atoms with E-state index in [1.807, 2.05) is 97.1 Å². The van der Waals surface area contributed by atoms with Crippen LogP contribution in [0.3, 0.4) is 0 Å². The van der Waals surface area contributed by atoms with Crippen molar-refractivity contribution in [1.29, 1.82) is 0 Å². The lowest BCUT2D eigenvalue weighted by Gasteiger charge is -2.31. The molecule has 3 N–H and O–H groups in total. The number of rotatable bonds is 14. The number of carbonyl (C=O) groups excluding carboxylic acids is 1. The molecule has 0 saturated heterocycles. The topological polar surface area (TPSA) is 111 Å². The van der Waals surface area contributed by atoms with Crippen LogP contribution >= 0.6 is 15.9 Å². The van der Waals surface area contributed by atoms with Crippen LogP contribution in [-0.4, -0.2) is 49.9 Å². The van der Waals surface area contributed by atoms with Crippen LogP contribution in [0.25, 0.3) is 0 Å². The zero-order chi connectivity index (χ0) is 31.6. The monoisotopic (exact) mass is 673 g/mol. The van der Waals surface area contributed by atoms with Crippen LogP contribution in [0.1, 0.15) is 34.8 Å². The largest absolute Gasteiger partial charge is 0.494 e. The van der Waals surface area contributed by atoms with Crippen LogP contribution in [0.5, 0.6) is 17.2 Å². The van der Waals surface area contributed by atoms with E-state index in [-0.39, 0.29) is 12.5 Å². The predicted molar refractivity (Wildman–Crippen MR) is 176 cm³/mol. The molecule has 0 bridgehead atoms. The summed E-state index contributed by atoms with van der Waals surface area (Å²) in [5.41, 5.74) is 8.02. The highest BCUT2D eigenvalue weighted by Gasteiger charge is 2.53. The standard InChI is InChI=1S/C35H36BrN3O6/c1-42-30-18-9-25(21-31(30)43-2)23-37-39-34(41)35(22-24-7-4-3-5-8-24)32(26-10-14-28(36)15-11-26)45-33(38-35)27-12-16-29(17-13-27)44-20-6-19-40/h3-5,7-18,21,32,37,40H,6,19-20,22-23H2,1-2H3,(H,39,41)/t32-,35-/m0/s1. The number of benzene rings is 4. The van der Waals surface area contributed by atoms with Crippen molar-refractivity contribution < 1.29 is 28.8 Å². The van der Waals surface area contributed by atoms with Gasteiger partial charge in [0.1, 0.15) is 5.75 Å². The molecule has 234 valence electrons. The summed E-state index contributed by atoms with van der Waals surface area (Å²) in [4.78, 5) is 19.4. The molecule has 4 aromatic carbocycles. The zero-order valence-corrected chi connectivity index (χ0v) is 26.8. The van der Waals surface area contributed by atoms with E-state index in [9.17, 15) is 4.79 Å². The van der Waals surface area contributed by atoms with E-state index in [1.165, 1.54) is 0 Å². The maximum Gasteiger partial charge on any atom is 0.266 e. The molecule has 0 aliphatic carbocycles. The minimum absolute atomic E-state index is 0.0644. The van der Waals surface area contributed by atoms with Crippen LogP contribution in [-0.2, 0) is 22.5 Å². The fourth-order valence-electron chi connectivity index (χ4n) is 5.15. The third-order valence-electron chi connectivity index (χ3n) is 7.46. The third kappa shape index (κ3) is 7.65. The lowest BCUT2D eigenvalue weighted by atomic mass is 9.82. The highest BCUT2D eigenvalue weighted by atomic mass is 79.9. The number of nitrogens with one attached hydrogen (secondary N) is 2. The lowest BCUT2D eigenvalue weighted by Crippen LogP contribution is -2.53. The average molecular weight is 675 g/mol. The van der Waals surface area contributed by atoms with Gasteiger partial charge in [0.05, 0.1) is 20.8 Å². The predicted octanol–water partition coefficient (Wildman–Crippen LogP) is 5.55. The van der Waals surface area contributed by atoms with Gasteiger partial charge < -0.3 is 24.1 Å². The van der Waals surface area contributed by atoms with Gasteiger partial charge in [-0.1, -0.05) is 64.5 Å². The maximum absolute atomic E-state index is 14.4. The summed E-state index contributed by atoms with van der Waals surface area (Å²) in [5.74, 6) is 1.92. The molecule has 2 atom stereocenters. The van der Waals surface area contributed by atoms with Gasteiger partial charge in [0.2, 0.25) is 5.90 Å². The highest BCUT2D eigenvalue weighted by Crippen LogP contribution is 2.42. The number of aliphatic imine (C=N–C) groups is 1. The van der Waals surface area contributed by atoms with Gasteiger partial charge >= 0.3 is 0 Å². The van der Waals surface area contributed by atoms with Crippen molar-refractivity contribution in [1.82, 2.24) is 10.9 Å². The Balaban J connectivity index is 1.48. The van der Waals surface area contributed by atoms with Crippen molar-refractivity contribution in [3.8, 4) is 17.2 Å².